The second kappa shape index (κ2) is 4.38. The van der Waals surface area contributed by atoms with E-state index in [4.69, 9.17) is 14.0 Å². The first-order valence-electron chi connectivity index (χ1n) is 6.97. The van der Waals surface area contributed by atoms with E-state index in [9.17, 15) is 0 Å². The Morgan fingerprint density at radius 3 is 2.38 bits per heavy atom. The number of hydrogen-bond donors (Lipinski definition) is 1. The maximum atomic E-state index is 8.94. The Balaban J connectivity index is 2.51. The fourth-order valence-corrected chi connectivity index (χ4v) is 2.77. The third-order valence-electron chi connectivity index (χ3n) is 3.92. The van der Waals surface area contributed by atoms with Gasteiger partial charge in [0.05, 0.1) is 6.26 Å². The summed E-state index contributed by atoms with van der Waals surface area (Å²) < 4.78 is 11.4. The van der Waals surface area contributed by atoms with Crippen LogP contribution in [-0.2, 0) is 5.41 Å². The Morgan fingerprint density at radius 2 is 1.76 bits per heavy atom. The van der Waals surface area contributed by atoms with E-state index in [1.165, 1.54) is 5.56 Å². The number of hydrogen-bond acceptors (Lipinski definition) is 4. The molecular formula is C17H19NO3. The molecule has 0 aliphatic rings. The molecule has 0 spiro atoms. The maximum Gasteiger partial charge on any atom is 0.255 e. The van der Waals surface area contributed by atoms with Crippen LogP contribution in [0.4, 0.5) is 0 Å². The molecule has 3 rings (SSSR count). The first-order chi connectivity index (χ1) is 9.82. The third kappa shape index (κ3) is 2.02. The highest BCUT2D eigenvalue weighted by atomic mass is 16.5. The van der Waals surface area contributed by atoms with Crippen molar-refractivity contribution in [3.63, 3.8) is 0 Å². The second-order valence-electron chi connectivity index (χ2n) is 6.52. The quantitative estimate of drug-likeness (QED) is 0.492. The molecule has 0 aliphatic heterocycles. The van der Waals surface area contributed by atoms with Crippen molar-refractivity contribution >= 4 is 21.9 Å². The first kappa shape index (κ1) is 13.7. The molecule has 110 valence electrons. The Morgan fingerprint density at radius 1 is 1.05 bits per heavy atom. The van der Waals surface area contributed by atoms with Crippen molar-refractivity contribution in [2.24, 2.45) is 5.16 Å². The fourth-order valence-electron chi connectivity index (χ4n) is 2.77. The van der Waals surface area contributed by atoms with Crippen LogP contribution < -0.4 is 5.55 Å². The zero-order chi connectivity index (χ0) is 15.4. The van der Waals surface area contributed by atoms with Crippen molar-refractivity contribution in [1.82, 2.24) is 0 Å². The molecule has 2 aromatic heterocycles. The van der Waals surface area contributed by atoms with E-state index in [1.54, 1.807) is 6.07 Å². The minimum absolute atomic E-state index is 0.0107. The summed E-state index contributed by atoms with van der Waals surface area (Å²) in [7, 11) is 0. The molecule has 21 heavy (non-hydrogen) atoms. The summed E-state index contributed by atoms with van der Waals surface area (Å²) in [6.45, 7) is 10.4. The topological polar surface area (TPSA) is 58.9 Å². The lowest BCUT2D eigenvalue weighted by atomic mass is 9.86. The molecule has 0 radical (unpaired) electrons. The lowest BCUT2D eigenvalue weighted by Gasteiger charge is -2.17. The van der Waals surface area contributed by atoms with Crippen LogP contribution in [0.2, 0.25) is 0 Å². The molecule has 0 bridgehead atoms. The molecule has 0 amide bonds. The van der Waals surface area contributed by atoms with Gasteiger partial charge < -0.3 is 14.0 Å². The SMILES string of the molecule is Cc1c/c(=N/O)oc2c(C)c3occ(C(C)(C)C)c3cc12. The minimum Gasteiger partial charge on any atom is -0.464 e. The normalized spacial score (nSPS) is 13.5. The van der Waals surface area contributed by atoms with E-state index in [0.717, 1.165) is 27.5 Å². The van der Waals surface area contributed by atoms with E-state index >= 15 is 0 Å². The molecule has 0 fully saturated rings. The van der Waals surface area contributed by atoms with Crippen LogP contribution in [0.5, 0.6) is 0 Å². The van der Waals surface area contributed by atoms with Gasteiger partial charge in [-0.15, -0.1) is 0 Å². The number of fused-ring (bicyclic) bond motifs is 2. The van der Waals surface area contributed by atoms with Gasteiger partial charge in [0, 0.05) is 28.0 Å². The Bertz CT molecular complexity index is 908. The summed E-state index contributed by atoms with van der Waals surface area (Å²) in [6, 6.07) is 3.83. The van der Waals surface area contributed by atoms with Crippen LogP contribution in [0, 0.1) is 13.8 Å². The van der Waals surface area contributed by atoms with Crippen molar-refractivity contribution in [2.75, 3.05) is 0 Å². The third-order valence-corrected chi connectivity index (χ3v) is 3.92. The predicted octanol–water partition coefficient (Wildman–Crippen LogP) is 4.38. The second-order valence-corrected chi connectivity index (χ2v) is 6.52. The zero-order valence-electron chi connectivity index (χ0n) is 12.9. The van der Waals surface area contributed by atoms with Crippen LogP contribution in [-0.4, -0.2) is 5.21 Å². The van der Waals surface area contributed by atoms with Gasteiger partial charge in [-0.05, 0) is 36.0 Å². The highest BCUT2D eigenvalue weighted by molar-refractivity contribution is 5.99. The number of benzene rings is 1. The minimum atomic E-state index is 0.0107. The van der Waals surface area contributed by atoms with Crippen LogP contribution in [0.1, 0.15) is 37.5 Å². The summed E-state index contributed by atoms with van der Waals surface area (Å²) in [5.74, 6) is 0. The monoisotopic (exact) mass is 285 g/mol. The van der Waals surface area contributed by atoms with E-state index in [2.05, 4.69) is 32.0 Å². The summed E-state index contributed by atoms with van der Waals surface area (Å²) in [5, 5.41) is 14.2. The predicted molar refractivity (Wildman–Crippen MR) is 81.5 cm³/mol. The summed E-state index contributed by atoms with van der Waals surface area (Å²) >= 11 is 0. The van der Waals surface area contributed by atoms with Gasteiger partial charge in [-0.3, -0.25) is 0 Å². The van der Waals surface area contributed by atoms with Gasteiger partial charge in [-0.1, -0.05) is 20.8 Å². The van der Waals surface area contributed by atoms with E-state index in [0.29, 0.717) is 5.58 Å². The lowest BCUT2D eigenvalue weighted by molar-refractivity contribution is 0.276. The average molecular weight is 285 g/mol. The number of aryl methyl sites for hydroxylation is 2. The molecule has 1 N–H and O–H groups in total. The molecule has 0 saturated carbocycles. The molecule has 4 nitrogen and oxygen atoms in total. The molecular weight excluding hydrogens is 266 g/mol. The van der Waals surface area contributed by atoms with Crippen LogP contribution in [0.15, 0.2) is 32.4 Å². The first-order valence-corrected chi connectivity index (χ1v) is 6.97. The molecule has 0 saturated heterocycles. The highest BCUT2D eigenvalue weighted by Gasteiger charge is 2.22. The number of rotatable bonds is 0. The summed E-state index contributed by atoms with van der Waals surface area (Å²) in [5.41, 5.74) is 4.84. The van der Waals surface area contributed by atoms with Crippen molar-refractivity contribution in [3.05, 3.63) is 40.6 Å². The average Bonchev–Trinajstić information content (AvgIpc) is 2.84. The molecule has 0 atom stereocenters. The summed E-state index contributed by atoms with van der Waals surface area (Å²) in [4.78, 5) is 0. The summed E-state index contributed by atoms with van der Waals surface area (Å²) in [6.07, 6.45) is 1.82. The van der Waals surface area contributed by atoms with Gasteiger partial charge in [0.2, 0.25) is 0 Å². The van der Waals surface area contributed by atoms with Gasteiger partial charge in [0.15, 0.2) is 0 Å². The molecule has 3 aromatic rings. The van der Waals surface area contributed by atoms with E-state index in [1.807, 2.05) is 20.1 Å². The molecule has 0 unspecified atom stereocenters. The van der Waals surface area contributed by atoms with Gasteiger partial charge in [0.25, 0.3) is 5.55 Å². The van der Waals surface area contributed by atoms with Crippen molar-refractivity contribution < 1.29 is 14.0 Å². The van der Waals surface area contributed by atoms with Gasteiger partial charge in [-0.2, -0.15) is 0 Å². The van der Waals surface area contributed by atoms with Gasteiger partial charge in [-0.25, -0.2) is 0 Å². The zero-order valence-corrected chi connectivity index (χ0v) is 12.9. The van der Waals surface area contributed by atoms with Crippen molar-refractivity contribution in [2.45, 2.75) is 40.0 Å². The standard InChI is InChI=1S/C17H19NO3/c1-9-6-14(18-19)21-16-10(2)15-12(7-11(9)16)13(8-20-15)17(3,4)5/h6-8,19H,1-5H3/b18-14-. The fraction of sp³-hybridized carbons (Fsp3) is 0.353. The number of nitrogens with zero attached hydrogens (tertiary/aromatic N) is 1. The lowest BCUT2D eigenvalue weighted by Crippen LogP contribution is -2.10. The van der Waals surface area contributed by atoms with Gasteiger partial charge >= 0.3 is 0 Å². The number of furan rings is 1. The molecule has 1 aromatic carbocycles. The Kier molecular flexibility index (Phi) is 2.87. The largest absolute Gasteiger partial charge is 0.464 e. The maximum absolute atomic E-state index is 8.94. The van der Waals surface area contributed by atoms with Crippen LogP contribution in [0.3, 0.4) is 0 Å². The van der Waals surface area contributed by atoms with Crippen molar-refractivity contribution in [3.8, 4) is 0 Å². The Hall–Kier alpha value is -2.23. The van der Waals surface area contributed by atoms with Crippen molar-refractivity contribution in [1.29, 1.82) is 0 Å². The van der Waals surface area contributed by atoms with Crippen LogP contribution >= 0.6 is 0 Å². The van der Waals surface area contributed by atoms with Gasteiger partial charge in [0.1, 0.15) is 11.2 Å². The molecule has 4 heteroatoms. The van der Waals surface area contributed by atoms with E-state index < -0.39 is 0 Å². The smallest absolute Gasteiger partial charge is 0.255 e. The molecule has 0 aliphatic carbocycles. The molecule has 2 heterocycles. The highest BCUT2D eigenvalue weighted by Crippen LogP contribution is 2.36. The Labute approximate surface area is 122 Å². The van der Waals surface area contributed by atoms with Crippen LogP contribution in [0.25, 0.3) is 21.9 Å². The van der Waals surface area contributed by atoms with E-state index in [-0.39, 0.29) is 11.0 Å².